The van der Waals surface area contributed by atoms with Crippen molar-refractivity contribution in [3.63, 3.8) is 0 Å². The van der Waals surface area contributed by atoms with Crippen molar-refractivity contribution in [2.75, 3.05) is 0 Å². The van der Waals surface area contributed by atoms with Crippen molar-refractivity contribution >= 4 is 7.85 Å². The molecule has 0 amide bonds. The van der Waals surface area contributed by atoms with Crippen LogP contribution < -0.4 is 0 Å². The number of alkyl halides is 6. The third kappa shape index (κ3) is 12.8. The van der Waals surface area contributed by atoms with Crippen LogP contribution in [0.2, 0.25) is 0 Å². The van der Waals surface area contributed by atoms with Gasteiger partial charge in [0, 0.05) is 0 Å². The predicted molar refractivity (Wildman–Crippen MR) is 28.8 cm³/mol. The summed E-state index contributed by atoms with van der Waals surface area (Å²) >= 11 is -5.56. The molecule has 16 heavy (non-hydrogen) atoms. The van der Waals surface area contributed by atoms with Crippen LogP contribution in [-0.2, 0) is 49.9 Å². The van der Waals surface area contributed by atoms with E-state index in [0.717, 1.165) is 0 Å². The molecule has 0 saturated heterocycles. The van der Waals surface area contributed by atoms with Crippen molar-refractivity contribution in [2.24, 2.45) is 0 Å². The van der Waals surface area contributed by atoms with E-state index in [2.05, 4.69) is 14.3 Å². The zero-order valence-corrected chi connectivity index (χ0v) is 13.8. The van der Waals surface area contributed by atoms with E-state index in [0.29, 0.717) is 0 Å². The minimum atomic E-state index is -4.77. The molecule has 0 aromatic rings. The van der Waals surface area contributed by atoms with Crippen LogP contribution in [0.15, 0.2) is 0 Å². The van der Waals surface area contributed by atoms with E-state index < -0.39 is 54.6 Å². The van der Waals surface area contributed by atoms with Crippen LogP contribution in [0.1, 0.15) is 0 Å². The Hall–Kier alpha value is 0.732. The van der Waals surface area contributed by atoms with E-state index in [-0.39, 0.29) is 0 Å². The van der Waals surface area contributed by atoms with Crippen molar-refractivity contribution in [3.05, 3.63) is 0 Å². The molecule has 0 atom stereocenters. The molecule has 0 aromatic heterocycles. The fraction of sp³-hybridized carbons (Fsp3) is 1.00. The molecule has 0 rings (SSSR count). The van der Waals surface area contributed by atoms with Crippen LogP contribution in [0.25, 0.3) is 0 Å². The Balaban J connectivity index is 3.49. The predicted octanol–water partition coefficient (Wildman–Crippen LogP) is 0.834. The van der Waals surface area contributed by atoms with E-state index in [1.165, 1.54) is 7.85 Å². The van der Waals surface area contributed by atoms with Crippen LogP contribution in [-0.4, -0.2) is 26.8 Å². The molecular weight excluding hydrogens is 356 g/mol. The molecule has 0 aliphatic carbocycles. The summed E-state index contributed by atoms with van der Waals surface area (Å²) in [5.74, 6) is 0. The molecule has 0 bridgehead atoms. The zero-order valence-electron chi connectivity index (χ0n) is 7.89. The SMILES string of the molecule is BC([O][Zn][O]C(F)(F)F)[O][Zn][O]C(F)(F)F. The Labute approximate surface area is 103 Å². The van der Waals surface area contributed by atoms with Gasteiger partial charge in [0.2, 0.25) is 0 Å². The second-order valence-electron chi connectivity index (χ2n) is 2.32. The third-order valence-electron chi connectivity index (χ3n) is 1.05. The first-order valence-corrected chi connectivity index (χ1v) is 8.59. The van der Waals surface area contributed by atoms with Crippen molar-refractivity contribution in [1.29, 1.82) is 0 Å². The average molecular weight is 359 g/mol. The summed E-state index contributed by atoms with van der Waals surface area (Å²) in [6.45, 7) is 0. The summed E-state index contributed by atoms with van der Waals surface area (Å²) in [4.78, 5) is 0. The van der Waals surface area contributed by atoms with Gasteiger partial charge in [-0.05, 0) is 0 Å². The molecule has 0 N–H and O–H groups in total. The molecule has 0 aliphatic rings. The molecule has 0 fully saturated rings. The van der Waals surface area contributed by atoms with Crippen LogP contribution in [0.3, 0.4) is 0 Å². The van der Waals surface area contributed by atoms with Crippen molar-refractivity contribution in [3.8, 4) is 0 Å². The first kappa shape index (κ1) is 16.7. The standard InChI is InChI=1S/CH3BO2.2CF3O.2Zn/c2-1(3)4;2*2-1(3,4)5;;/h1H,2H2;;;;/q-2;2*-1;2*+2. The second-order valence-corrected chi connectivity index (χ2v) is 5.92. The van der Waals surface area contributed by atoms with Gasteiger partial charge in [-0.1, -0.05) is 0 Å². The first-order chi connectivity index (χ1) is 7.10. The van der Waals surface area contributed by atoms with Gasteiger partial charge in [0.25, 0.3) is 0 Å². The normalized spacial score (nSPS) is 12.4. The first-order valence-electron chi connectivity index (χ1n) is 3.75. The Morgan fingerprint density at radius 1 is 0.812 bits per heavy atom. The molecule has 0 radical (unpaired) electrons. The maximum atomic E-state index is 11.5. The number of hydrogen-bond acceptors (Lipinski definition) is 4. The van der Waals surface area contributed by atoms with Gasteiger partial charge in [0.1, 0.15) is 0 Å². The number of halogens is 6. The molecule has 4 nitrogen and oxygen atoms in total. The van der Waals surface area contributed by atoms with Gasteiger partial charge >= 0.3 is 103 Å². The van der Waals surface area contributed by atoms with Gasteiger partial charge in [-0.3, -0.25) is 0 Å². The molecule has 0 aromatic carbocycles. The summed E-state index contributed by atoms with van der Waals surface area (Å²) in [5.41, 5.74) is 0. The summed E-state index contributed by atoms with van der Waals surface area (Å²) in [7, 11) is 1.18. The van der Waals surface area contributed by atoms with E-state index in [1.54, 1.807) is 0 Å². The molecule has 0 saturated carbocycles. The maximum absolute atomic E-state index is 11.5. The Morgan fingerprint density at radius 2 is 1.12 bits per heavy atom. The molecular formula is C3H3BF6O4Zn2. The summed E-state index contributed by atoms with van der Waals surface area (Å²) in [6, 6.07) is 0. The monoisotopic (exact) mass is 356 g/mol. The molecule has 13 heteroatoms. The van der Waals surface area contributed by atoms with Crippen LogP contribution >= 0.6 is 0 Å². The Morgan fingerprint density at radius 3 is 1.38 bits per heavy atom. The molecule has 0 aliphatic heterocycles. The Bertz CT molecular complexity index is 179. The fourth-order valence-electron chi connectivity index (χ4n) is 0.441. The zero-order chi connectivity index (χ0) is 12.8. The quantitative estimate of drug-likeness (QED) is 0.400. The van der Waals surface area contributed by atoms with E-state index in [4.69, 9.17) is 0 Å². The van der Waals surface area contributed by atoms with Gasteiger partial charge in [0.05, 0.1) is 0 Å². The summed E-state index contributed by atoms with van der Waals surface area (Å²) in [6.07, 6.45) is -10.7. The number of hydrogen-bond donors (Lipinski definition) is 0. The van der Waals surface area contributed by atoms with Crippen LogP contribution in [0.4, 0.5) is 26.3 Å². The minimum absolute atomic E-state index is 1.16. The van der Waals surface area contributed by atoms with Gasteiger partial charge in [-0.15, -0.1) is 0 Å². The topological polar surface area (TPSA) is 36.9 Å². The van der Waals surface area contributed by atoms with E-state index >= 15 is 0 Å². The molecule has 0 unspecified atom stereocenters. The van der Waals surface area contributed by atoms with Crippen LogP contribution in [0.5, 0.6) is 0 Å². The van der Waals surface area contributed by atoms with Gasteiger partial charge in [-0.2, -0.15) is 0 Å². The fourth-order valence-corrected chi connectivity index (χ4v) is 3.34. The van der Waals surface area contributed by atoms with E-state index in [1.807, 2.05) is 0 Å². The van der Waals surface area contributed by atoms with Gasteiger partial charge in [0.15, 0.2) is 0 Å². The summed E-state index contributed by atoms with van der Waals surface area (Å²) in [5, 5.41) is 0. The average Bonchev–Trinajstić information content (AvgIpc) is 1.98. The van der Waals surface area contributed by atoms with Crippen molar-refractivity contribution in [1.82, 2.24) is 0 Å². The van der Waals surface area contributed by atoms with Crippen molar-refractivity contribution in [2.45, 2.75) is 18.9 Å². The van der Waals surface area contributed by atoms with Crippen molar-refractivity contribution < 1.29 is 76.3 Å². The summed E-state index contributed by atoms with van der Waals surface area (Å²) < 4.78 is 84.4. The molecule has 0 spiro atoms. The van der Waals surface area contributed by atoms with E-state index in [9.17, 15) is 26.3 Å². The third-order valence-corrected chi connectivity index (χ3v) is 5.46. The Kier molecular flexibility index (Phi) is 7.56. The number of rotatable bonds is 6. The molecule has 88 valence electrons. The van der Waals surface area contributed by atoms with Gasteiger partial charge in [-0.25, -0.2) is 0 Å². The molecule has 0 heterocycles. The van der Waals surface area contributed by atoms with Gasteiger partial charge < -0.3 is 0 Å². The second kappa shape index (κ2) is 7.23. The van der Waals surface area contributed by atoms with Crippen LogP contribution in [0, 0.1) is 0 Å².